The van der Waals surface area contributed by atoms with E-state index in [9.17, 15) is 8.42 Å². The summed E-state index contributed by atoms with van der Waals surface area (Å²) in [5, 5.41) is 4.38. The van der Waals surface area contributed by atoms with Crippen molar-refractivity contribution in [2.75, 3.05) is 6.54 Å². The first-order valence-corrected chi connectivity index (χ1v) is 10.3. The highest BCUT2D eigenvalue weighted by atomic mass is 35.5. The zero-order valence-electron chi connectivity index (χ0n) is 14.2. The van der Waals surface area contributed by atoms with E-state index >= 15 is 0 Å². The van der Waals surface area contributed by atoms with Gasteiger partial charge in [-0.25, -0.2) is 8.42 Å². The number of fused-ring (bicyclic) bond motifs is 4. The standard InChI is InChI=1S/C19H16ClNO4S.ClH/c20-17-7-14(6-15-16-8-21-4-3-18(16)25-19(15)17)26(22,23)13-2-1-11-9-24-10-12(11)5-13;/h1-2,5-7,21H,3-4,8-10H2;1H. The Hall–Kier alpha value is -1.57. The van der Waals surface area contributed by atoms with Gasteiger partial charge in [0.25, 0.3) is 0 Å². The fraction of sp³-hybridized carbons (Fsp3) is 0.263. The van der Waals surface area contributed by atoms with E-state index in [1.54, 1.807) is 18.2 Å². The number of sulfone groups is 1. The Morgan fingerprint density at radius 3 is 2.70 bits per heavy atom. The number of hydrogen-bond acceptors (Lipinski definition) is 5. The Kier molecular flexibility index (Phi) is 4.72. The summed E-state index contributed by atoms with van der Waals surface area (Å²) in [7, 11) is -3.68. The number of nitrogens with one attached hydrogen (secondary N) is 1. The Morgan fingerprint density at radius 2 is 1.85 bits per heavy atom. The van der Waals surface area contributed by atoms with Crippen molar-refractivity contribution in [3.05, 3.63) is 57.8 Å². The van der Waals surface area contributed by atoms with Gasteiger partial charge in [0.1, 0.15) is 5.76 Å². The molecule has 2 aliphatic rings. The van der Waals surface area contributed by atoms with Gasteiger partial charge < -0.3 is 14.5 Å². The Balaban J connectivity index is 0.00000180. The summed E-state index contributed by atoms with van der Waals surface area (Å²) in [6, 6.07) is 8.30. The molecule has 0 spiro atoms. The zero-order chi connectivity index (χ0) is 17.9. The number of ether oxygens (including phenoxy) is 1. The maximum atomic E-state index is 13.2. The minimum absolute atomic E-state index is 0. The van der Waals surface area contributed by atoms with E-state index in [4.69, 9.17) is 20.8 Å². The summed E-state index contributed by atoms with van der Waals surface area (Å²) in [5.74, 6) is 0.880. The number of halogens is 2. The molecule has 5 rings (SSSR count). The predicted molar refractivity (Wildman–Crippen MR) is 104 cm³/mol. The molecule has 0 radical (unpaired) electrons. The van der Waals surface area contributed by atoms with Crippen LogP contribution in [0.3, 0.4) is 0 Å². The smallest absolute Gasteiger partial charge is 0.206 e. The average Bonchev–Trinajstić information content (AvgIpc) is 3.25. The first-order chi connectivity index (χ1) is 12.5. The molecule has 5 nitrogen and oxygen atoms in total. The van der Waals surface area contributed by atoms with Gasteiger partial charge in [-0.05, 0) is 35.4 Å². The maximum Gasteiger partial charge on any atom is 0.206 e. The highest BCUT2D eigenvalue weighted by Gasteiger charge is 2.25. The van der Waals surface area contributed by atoms with E-state index in [0.717, 1.165) is 40.8 Å². The van der Waals surface area contributed by atoms with Crippen LogP contribution in [0, 0.1) is 0 Å². The van der Waals surface area contributed by atoms with Crippen molar-refractivity contribution in [3.63, 3.8) is 0 Å². The van der Waals surface area contributed by atoms with Crippen LogP contribution in [-0.4, -0.2) is 15.0 Å². The fourth-order valence-electron chi connectivity index (χ4n) is 3.65. The number of rotatable bonds is 2. The van der Waals surface area contributed by atoms with Crippen molar-refractivity contribution in [1.82, 2.24) is 5.32 Å². The first kappa shape index (κ1) is 18.8. The van der Waals surface area contributed by atoms with E-state index in [-0.39, 0.29) is 22.2 Å². The normalized spacial score (nSPS) is 16.0. The van der Waals surface area contributed by atoms with Crippen molar-refractivity contribution >= 4 is 44.8 Å². The van der Waals surface area contributed by atoms with Crippen LogP contribution in [-0.2, 0) is 40.8 Å². The van der Waals surface area contributed by atoms with Crippen molar-refractivity contribution in [1.29, 1.82) is 0 Å². The van der Waals surface area contributed by atoms with Gasteiger partial charge in [0.15, 0.2) is 5.58 Å². The number of furan rings is 1. The van der Waals surface area contributed by atoms with Gasteiger partial charge in [-0.1, -0.05) is 17.7 Å². The third-order valence-corrected chi connectivity index (χ3v) is 7.06. The molecule has 8 heteroatoms. The van der Waals surface area contributed by atoms with Crippen molar-refractivity contribution in [2.24, 2.45) is 0 Å². The van der Waals surface area contributed by atoms with Crippen molar-refractivity contribution < 1.29 is 17.6 Å². The van der Waals surface area contributed by atoms with Gasteiger partial charge in [-0.2, -0.15) is 0 Å². The van der Waals surface area contributed by atoms with Gasteiger partial charge in [-0.3, -0.25) is 0 Å². The molecule has 0 aliphatic carbocycles. The van der Waals surface area contributed by atoms with Crippen LogP contribution in [0.5, 0.6) is 0 Å². The quantitative estimate of drug-likeness (QED) is 0.671. The SMILES string of the molecule is Cl.O=S(=O)(c1ccc2c(c1)COC2)c1cc(Cl)c2oc3c(c2c1)CNCC3. The second-order valence-corrected chi connectivity index (χ2v) is 9.00. The summed E-state index contributed by atoms with van der Waals surface area (Å²) in [5.41, 5.74) is 3.50. The third kappa shape index (κ3) is 2.96. The molecule has 3 heterocycles. The maximum absolute atomic E-state index is 13.2. The lowest BCUT2D eigenvalue weighted by Crippen LogP contribution is -2.22. The molecule has 142 valence electrons. The first-order valence-electron chi connectivity index (χ1n) is 8.43. The molecule has 27 heavy (non-hydrogen) atoms. The van der Waals surface area contributed by atoms with Gasteiger partial charge in [-0.15, -0.1) is 12.4 Å². The van der Waals surface area contributed by atoms with Crippen LogP contribution >= 0.6 is 24.0 Å². The molecule has 0 amide bonds. The van der Waals surface area contributed by atoms with Gasteiger partial charge in [0.2, 0.25) is 9.84 Å². The van der Waals surface area contributed by atoms with E-state index in [2.05, 4.69) is 5.32 Å². The minimum atomic E-state index is -3.68. The molecule has 2 aliphatic heterocycles. The summed E-state index contributed by atoms with van der Waals surface area (Å²) in [4.78, 5) is 0.440. The second-order valence-electron chi connectivity index (χ2n) is 6.64. The molecule has 3 aromatic rings. The lowest BCUT2D eigenvalue weighted by atomic mass is 10.1. The van der Waals surface area contributed by atoms with E-state index in [1.165, 1.54) is 6.07 Å². The third-order valence-electron chi connectivity index (χ3n) is 5.05. The Morgan fingerprint density at radius 1 is 1.04 bits per heavy atom. The molecule has 0 atom stereocenters. The van der Waals surface area contributed by atoms with Crippen LogP contribution < -0.4 is 5.32 Å². The predicted octanol–water partition coefficient (Wildman–Crippen LogP) is 4.02. The molecule has 0 unspecified atom stereocenters. The fourth-order valence-corrected chi connectivity index (χ4v) is 5.33. The molecule has 0 saturated carbocycles. The van der Waals surface area contributed by atoms with Crippen LogP contribution in [0.4, 0.5) is 0 Å². The molecule has 1 aromatic heterocycles. The van der Waals surface area contributed by atoms with Crippen LogP contribution in [0.2, 0.25) is 5.02 Å². The Bertz CT molecular complexity index is 1150. The molecule has 0 bridgehead atoms. The van der Waals surface area contributed by atoms with Crippen molar-refractivity contribution in [2.45, 2.75) is 36.0 Å². The highest BCUT2D eigenvalue weighted by molar-refractivity contribution is 7.91. The molecular weight excluding hydrogens is 409 g/mol. The van der Waals surface area contributed by atoms with Crippen LogP contribution in [0.1, 0.15) is 22.5 Å². The molecule has 1 N–H and O–H groups in total. The zero-order valence-corrected chi connectivity index (χ0v) is 16.6. The molecule has 0 saturated heterocycles. The summed E-state index contributed by atoms with van der Waals surface area (Å²) in [6.07, 6.45) is 0.771. The monoisotopic (exact) mass is 425 g/mol. The van der Waals surface area contributed by atoms with E-state index in [0.29, 0.717) is 30.4 Å². The largest absolute Gasteiger partial charge is 0.459 e. The second kappa shape index (κ2) is 6.79. The Labute approximate surface area is 168 Å². The lowest BCUT2D eigenvalue weighted by Gasteiger charge is -2.11. The summed E-state index contributed by atoms with van der Waals surface area (Å²) in [6.45, 7) is 2.46. The van der Waals surface area contributed by atoms with Gasteiger partial charge >= 0.3 is 0 Å². The van der Waals surface area contributed by atoms with Crippen LogP contribution in [0.15, 0.2) is 44.5 Å². The topological polar surface area (TPSA) is 68.5 Å². The number of benzene rings is 2. The summed E-state index contributed by atoms with van der Waals surface area (Å²) < 4.78 is 37.6. The highest BCUT2D eigenvalue weighted by Crippen LogP contribution is 2.37. The molecule has 2 aromatic carbocycles. The van der Waals surface area contributed by atoms with E-state index in [1.807, 2.05) is 6.07 Å². The van der Waals surface area contributed by atoms with Gasteiger partial charge in [0, 0.05) is 30.5 Å². The minimum Gasteiger partial charge on any atom is -0.459 e. The average molecular weight is 426 g/mol. The molecular formula is C19H17Cl2NO4S. The summed E-state index contributed by atoms with van der Waals surface area (Å²) >= 11 is 6.37. The van der Waals surface area contributed by atoms with Gasteiger partial charge in [0.05, 0.1) is 28.0 Å². The lowest BCUT2D eigenvalue weighted by molar-refractivity contribution is 0.134. The van der Waals surface area contributed by atoms with E-state index < -0.39 is 9.84 Å². The number of hydrogen-bond donors (Lipinski definition) is 1. The van der Waals surface area contributed by atoms with Crippen molar-refractivity contribution in [3.8, 4) is 0 Å². The molecule has 0 fully saturated rings. The van der Waals surface area contributed by atoms with Crippen LogP contribution in [0.25, 0.3) is 11.0 Å².